The molecule has 2 unspecified atom stereocenters. The van der Waals surface area contributed by atoms with Crippen LogP contribution in [0.3, 0.4) is 0 Å². The van der Waals surface area contributed by atoms with Crippen LogP contribution in [0.2, 0.25) is 5.02 Å². The largest absolute Gasteiger partial charge is 0.468 e. The summed E-state index contributed by atoms with van der Waals surface area (Å²) in [6.07, 6.45) is 3.03. The zero-order valence-electron chi connectivity index (χ0n) is 16.0. The molecule has 0 amide bonds. The number of carbonyl (C=O) groups is 2. The van der Waals surface area contributed by atoms with Crippen molar-refractivity contribution >= 4 is 47.9 Å². The minimum absolute atomic E-state index is 0.322. The van der Waals surface area contributed by atoms with Crippen LogP contribution in [-0.4, -0.2) is 30.9 Å². The van der Waals surface area contributed by atoms with E-state index in [-0.39, 0.29) is 0 Å². The van der Waals surface area contributed by atoms with Gasteiger partial charge >= 0.3 is 11.9 Å². The van der Waals surface area contributed by atoms with Crippen molar-refractivity contribution in [2.45, 2.75) is 34.3 Å². The van der Waals surface area contributed by atoms with Crippen molar-refractivity contribution in [1.29, 1.82) is 0 Å². The van der Waals surface area contributed by atoms with E-state index < -0.39 is 17.2 Å². The summed E-state index contributed by atoms with van der Waals surface area (Å²) in [6, 6.07) is 15.1. The molecule has 0 heterocycles. The van der Waals surface area contributed by atoms with Gasteiger partial charge in [0, 0.05) is 9.79 Å². The first kappa shape index (κ1) is 22.1. The van der Waals surface area contributed by atoms with E-state index >= 15 is 0 Å². The molecule has 154 valence electrons. The Bertz CT molecular complexity index is 873. The van der Waals surface area contributed by atoms with Gasteiger partial charge in [0.05, 0.1) is 18.7 Å². The summed E-state index contributed by atoms with van der Waals surface area (Å²) in [5.41, 5.74) is 1.24. The second-order valence-electron chi connectivity index (χ2n) is 7.00. The van der Waals surface area contributed by atoms with Crippen LogP contribution >= 0.6 is 36.0 Å². The molecule has 0 radical (unpaired) electrons. The van der Waals surface area contributed by atoms with Gasteiger partial charge in [-0.25, -0.2) is 0 Å². The van der Waals surface area contributed by atoms with Crippen LogP contribution in [0, 0.1) is 11.8 Å². The molecule has 0 aliphatic heterocycles. The summed E-state index contributed by atoms with van der Waals surface area (Å²) in [7, 11) is 1.26. The van der Waals surface area contributed by atoms with Gasteiger partial charge in [0.1, 0.15) is 0 Å². The second-order valence-corrected chi connectivity index (χ2v) is 9.04. The van der Waals surface area contributed by atoms with E-state index in [2.05, 4.69) is 18.7 Å². The van der Waals surface area contributed by atoms with Gasteiger partial charge in [-0.2, -0.15) is 0 Å². The van der Waals surface area contributed by atoms with Crippen LogP contribution in [0.25, 0.3) is 0 Å². The molecule has 4 nitrogen and oxygen atoms in total. The first-order chi connectivity index (χ1) is 14.0. The Morgan fingerprint density at radius 3 is 2.59 bits per heavy atom. The summed E-state index contributed by atoms with van der Waals surface area (Å²) in [5, 5.41) is -0.612. The maximum absolute atomic E-state index is 12.5. The lowest BCUT2D eigenvalue weighted by atomic mass is 10.1. The number of rotatable bonds is 9. The molecule has 0 saturated heterocycles. The van der Waals surface area contributed by atoms with Crippen LogP contribution in [0.4, 0.5) is 0 Å². The Kier molecular flexibility index (Phi) is 7.92. The molecule has 3 rings (SSSR count). The lowest BCUT2D eigenvalue weighted by molar-refractivity contribution is -0.152. The van der Waals surface area contributed by atoms with Crippen molar-refractivity contribution in [1.82, 2.24) is 0 Å². The van der Waals surface area contributed by atoms with Crippen molar-refractivity contribution in [3.05, 3.63) is 59.1 Å². The van der Waals surface area contributed by atoms with Crippen LogP contribution in [0.5, 0.6) is 0 Å². The summed E-state index contributed by atoms with van der Waals surface area (Å²) in [4.78, 5) is 26.3. The monoisotopic (exact) mass is 450 g/mol. The van der Waals surface area contributed by atoms with Crippen LogP contribution in [0.15, 0.2) is 58.3 Å². The summed E-state index contributed by atoms with van der Waals surface area (Å²) >= 11 is 11.7. The zero-order chi connectivity index (χ0) is 20.8. The quantitative estimate of drug-likeness (QED) is 0.250. The third-order valence-electron chi connectivity index (χ3n) is 5.00. The number of hydrogen-bond acceptors (Lipinski definition) is 6. The van der Waals surface area contributed by atoms with E-state index in [1.165, 1.54) is 12.7 Å². The Morgan fingerprint density at radius 2 is 1.86 bits per heavy atom. The Hall–Kier alpha value is -1.63. The van der Waals surface area contributed by atoms with E-state index in [9.17, 15) is 9.59 Å². The number of halogens is 1. The van der Waals surface area contributed by atoms with Crippen molar-refractivity contribution < 1.29 is 19.1 Å². The van der Waals surface area contributed by atoms with Gasteiger partial charge in [-0.1, -0.05) is 53.7 Å². The van der Waals surface area contributed by atoms with Crippen LogP contribution in [-0.2, 0) is 25.5 Å². The first-order valence-corrected chi connectivity index (χ1v) is 11.1. The number of thiol groups is 1. The number of hydrogen-bond donors (Lipinski definition) is 1. The van der Waals surface area contributed by atoms with Crippen molar-refractivity contribution in [3.8, 4) is 0 Å². The maximum Gasteiger partial charge on any atom is 0.331 e. The molecule has 1 aliphatic rings. The Labute approximate surface area is 185 Å². The molecule has 7 heteroatoms. The average Bonchev–Trinajstić information content (AvgIpc) is 3.48. The number of methoxy groups -OCH3 is 1. The average molecular weight is 451 g/mol. The van der Waals surface area contributed by atoms with Gasteiger partial charge in [-0.05, 0) is 54.9 Å². The maximum atomic E-state index is 12.5. The van der Waals surface area contributed by atoms with Gasteiger partial charge in [0.25, 0.3) is 0 Å². The molecule has 0 spiro atoms. The second kappa shape index (κ2) is 10.4. The van der Waals surface area contributed by atoms with Gasteiger partial charge in [-0.3, -0.25) is 9.59 Å². The van der Waals surface area contributed by atoms with E-state index in [1.807, 2.05) is 18.2 Å². The van der Waals surface area contributed by atoms with E-state index in [4.69, 9.17) is 21.1 Å². The highest BCUT2D eigenvalue weighted by Crippen LogP contribution is 2.42. The highest BCUT2D eigenvalue weighted by Gasteiger charge is 2.39. The summed E-state index contributed by atoms with van der Waals surface area (Å²) < 4.78 is 10.2. The number of benzene rings is 2. The van der Waals surface area contributed by atoms with Crippen molar-refractivity contribution in [3.63, 3.8) is 0 Å². The fourth-order valence-corrected chi connectivity index (χ4v) is 4.65. The van der Waals surface area contributed by atoms with Gasteiger partial charge in [0.15, 0.2) is 0 Å². The molecule has 0 N–H and O–H groups in total. The van der Waals surface area contributed by atoms with Gasteiger partial charge in [0.2, 0.25) is 5.25 Å². The lowest BCUT2D eigenvalue weighted by Gasteiger charge is -2.14. The molecule has 1 saturated carbocycles. The molecular formula is C22H23ClO4S2. The molecule has 2 aromatic rings. The molecule has 3 atom stereocenters. The van der Waals surface area contributed by atoms with Crippen molar-refractivity contribution in [2.75, 3.05) is 13.7 Å². The SMILES string of the molecule is COC(=O)C(Sc1ccccc1Cl)C(=O)OC[C@H]1CC1CCc1ccccc1S. The zero-order valence-corrected chi connectivity index (χ0v) is 18.5. The first-order valence-electron chi connectivity index (χ1n) is 9.42. The molecule has 1 aliphatic carbocycles. The molecule has 0 bridgehead atoms. The highest BCUT2D eigenvalue weighted by molar-refractivity contribution is 8.01. The fraction of sp³-hybridized carbons (Fsp3) is 0.364. The minimum atomic E-state index is -1.09. The molecule has 0 aromatic heterocycles. The van der Waals surface area contributed by atoms with E-state index in [0.29, 0.717) is 28.4 Å². The minimum Gasteiger partial charge on any atom is -0.468 e. The standard InChI is InChI=1S/C22H23ClO4S2/c1-26-21(24)20(29-19-9-5-3-7-17(19)23)22(25)27-13-16-12-15(16)11-10-14-6-2-4-8-18(14)28/h2-9,15-16,20,28H,10-13H2,1H3/t15?,16-,20?/m1/s1. The van der Waals surface area contributed by atoms with Gasteiger partial charge < -0.3 is 9.47 Å². The number of thioether (sulfide) groups is 1. The molecular weight excluding hydrogens is 428 g/mol. The van der Waals surface area contributed by atoms with E-state index in [0.717, 1.165) is 35.9 Å². The van der Waals surface area contributed by atoms with Crippen molar-refractivity contribution in [2.24, 2.45) is 11.8 Å². The number of esters is 2. The van der Waals surface area contributed by atoms with Gasteiger partial charge in [-0.15, -0.1) is 12.6 Å². The van der Waals surface area contributed by atoms with Crippen LogP contribution in [0.1, 0.15) is 18.4 Å². The molecule has 29 heavy (non-hydrogen) atoms. The number of carbonyl (C=O) groups excluding carboxylic acids is 2. The fourth-order valence-electron chi connectivity index (χ4n) is 3.16. The smallest absolute Gasteiger partial charge is 0.331 e. The normalized spacial score (nSPS) is 18.7. The topological polar surface area (TPSA) is 52.6 Å². The highest BCUT2D eigenvalue weighted by atomic mass is 35.5. The number of ether oxygens (including phenoxy) is 2. The van der Waals surface area contributed by atoms with Crippen LogP contribution < -0.4 is 0 Å². The Balaban J connectivity index is 1.48. The summed E-state index contributed by atoms with van der Waals surface area (Å²) in [6.45, 7) is 0.322. The lowest BCUT2D eigenvalue weighted by Crippen LogP contribution is -2.30. The third-order valence-corrected chi connectivity index (χ3v) is 7.10. The molecule has 1 fully saturated rings. The third kappa shape index (κ3) is 6.17. The predicted octanol–water partition coefficient (Wildman–Crippen LogP) is 5.07. The number of aryl methyl sites for hydroxylation is 1. The molecule has 2 aromatic carbocycles. The Morgan fingerprint density at radius 1 is 1.14 bits per heavy atom. The summed E-state index contributed by atoms with van der Waals surface area (Å²) in [5.74, 6) is -0.357. The predicted molar refractivity (Wildman–Crippen MR) is 118 cm³/mol. The van der Waals surface area contributed by atoms with E-state index in [1.54, 1.807) is 24.3 Å².